The Kier molecular flexibility index (Phi) is 5.34. The molecule has 1 amide bonds. The molecular formula is C18H22N4OS2. The number of rotatable bonds is 6. The fourth-order valence-electron chi connectivity index (χ4n) is 2.80. The largest absolute Gasteiger partial charge is 0.365 e. The lowest BCUT2D eigenvalue weighted by Crippen LogP contribution is -2.30. The minimum atomic E-state index is 0.0541. The smallest absolute Gasteiger partial charge is 0.264 e. The number of nitrogens with zero attached hydrogens (tertiary/aromatic N) is 3. The van der Waals surface area contributed by atoms with Crippen molar-refractivity contribution >= 4 is 44.6 Å². The first-order valence-corrected chi connectivity index (χ1v) is 9.92. The summed E-state index contributed by atoms with van der Waals surface area (Å²) in [7, 11) is 1.85. The van der Waals surface area contributed by atoms with Crippen LogP contribution in [0.5, 0.6) is 0 Å². The molecule has 3 aromatic heterocycles. The Morgan fingerprint density at radius 1 is 1.36 bits per heavy atom. The van der Waals surface area contributed by atoms with Crippen molar-refractivity contribution in [2.45, 2.75) is 27.3 Å². The molecule has 25 heavy (non-hydrogen) atoms. The minimum Gasteiger partial charge on any atom is -0.365 e. The standard InChI is InChI=1S/C18H22N4OS2/c1-11(2)9-22(4)18(23)15-12(3)14-16(20-10-21-17(14)25-15)19-8-13-6-5-7-24-13/h5-7,10-11H,8-9H2,1-4H3,(H,19,20,21). The van der Waals surface area contributed by atoms with Crippen LogP contribution < -0.4 is 5.32 Å². The monoisotopic (exact) mass is 374 g/mol. The molecule has 1 N–H and O–H groups in total. The Hall–Kier alpha value is -1.99. The maximum atomic E-state index is 12.8. The predicted octanol–water partition coefficient (Wildman–Crippen LogP) is 4.40. The summed E-state index contributed by atoms with van der Waals surface area (Å²) in [5.74, 6) is 1.28. The zero-order valence-corrected chi connectivity index (χ0v) is 16.5. The molecular weight excluding hydrogens is 352 g/mol. The van der Waals surface area contributed by atoms with Gasteiger partial charge >= 0.3 is 0 Å². The van der Waals surface area contributed by atoms with Crippen LogP contribution in [-0.2, 0) is 6.54 Å². The molecule has 0 aromatic carbocycles. The van der Waals surface area contributed by atoms with E-state index in [1.54, 1.807) is 22.6 Å². The molecule has 0 bridgehead atoms. The lowest BCUT2D eigenvalue weighted by atomic mass is 10.1. The maximum Gasteiger partial charge on any atom is 0.264 e. The maximum absolute atomic E-state index is 12.8. The second-order valence-electron chi connectivity index (χ2n) is 6.47. The van der Waals surface area contributed by atoms with Crippen molar-refractivity contribution in [2.24, 2.45) is 5.92 Å². The topological polar surface area (TPSA) is 58.1 Å². The Morgan fingerprint density at radius 2 is 2.16 bits per heavy atom. The average molecular weight is 375 g/mol. The number of hydrogen-bond donors (Lipinski definition) is 1. The van der Waals surface area contributed by atoms with E-state index in [2.05, 4.69) is 40.6 Å². The molecule has 0 fully saturated rings. The summed E-state index contributed by atoms with van der Waals surface area (Å²) in [6.45, 7) is 7.66. The van der Waals surface area contributed by atoms with Gasteiger partial charge in [0.2, 0.25) is 0 Å². The number of thiophene rings is 2. The van der Waals surface area contributed by atoms with E-state index in [-0.39, 0.29) is 5.91 Å². The van der Waals surface area contributed by atoms with Crippen LogP contribution in [0.2, 0.25) is 0 Å². The van der Waals surface area contributed by atoms with Crippen LogP contribution in [0, 0.1) is 12.8 Å². The van der Waals surface area contributed by atoms with Crippen LogP contribution in [-0.4, -0.2) is 34.4 Å². The van der Waals surface area contributed by atoms with E-state index in [1.165, 1.54) is 16.2 Å². The van der Waals surface area contributed by atoms with E-state index in [1.807, 2.05) is 20.0 Å². The van der Waals surface area contributed by atoms with Crippen molar-refractivity contribution in [3.8, 4) is 0 Å². The highest BCUT2D eigenvalue weighted by Crippen LogP contribution is 2.34. The van der Waals surface area contributed by atoms with Crippen LogP contribution in [0.1, 0.15) is 34.0 Å². The Labute approximate surface area is 155 Å². The van der Waals surface area contributed by atoms with Gasteiger partial charge in [0, 0.05) is 18.5 Å². The summed E-state index contributed by atoms with van der Waals surface area (Å²) >= 11 is 3.15. The van der Waals surface area contributed by atoms with Gasteiger partial charge in [-0.2, -0.15) is 0 Å². The van der Waals surface area contributed by atoms with Gasteiger partial charge in [0.25, 0.3) is 5.91 Å². The summed E-state index contributed by atoms with van der Waals surface area (Å²) < 4.78 is 0. The van der Waals surface area contributed by atoms with E-state index in [0.717, 1.165) is 39.6 Å². The SMILES string of the molecule is Cc1c(C(=O)N(C)CC(C)C)sc2ncnc(NCc3cccs3)c12. The van der Waals surface area contributed by atoms with E-state index in [9.17, 15) is 4.79 Å². The minimum absolute atomic E-state index is 0.0541. The fraction of sp³-hybridized carbons (Fsp3) is 0.389. The number of amides is 1. The first kappa shape index (κ1) is 17.8. The molecule has 0 aliphatic carbocycles. The Bertz CT molecular complexity index is 871. The molecule has 0 unspecified atom stereocenters. The Balaban J connectivity index is 1.91. The third-order valence-electron chi connectivity index (χ3n) is 3.92. The van der Waals surface area contributed by atoms with Crippen molar-refractivity contribution < 1.29 is 4.79 Å². The van der Waals surface area contributed by atoms with Gasteiger partial charge in [-0.25, -0.2) is 9.97 Å². The Morgan fingerprint density at radius 3 is 2.84 bits per heavy atom. The third-order valence-corrected chi connectivity index (χ3v) is 5.98. The molecule has 0 saturated heterocycles. The summed E-state index contributed by atoms with van der Waals surface area (Å²) in [5, 5.41) is 6.39. The molecule has 5 nitrogen and oxygen atoms in total. The highest BCUT2D eigenvalue weighted by Gasteiger charge is 2.22. The summed E-state index contributed by atoms with van der Waals surface area (Å²) in [6.07, 6.45) is 1.56. The average Bonchev–Trinajstić information content (AvgIpc) is 3.20. The van der Waals surface area contributed by atoms with E-state index in [0.29, 0.717) is 5.92 Å². The number of nitrogens with one attached hydrogen (secondary N) is 1. The van der Waals surface area contributed by atoms with Crippen LogP contribution in [0.25, 0.3) is 10.2 Å². The van der Waals surface area contributed by atoms with Gasteiger partial charge in [-0.15, -0.1) is 22.7 Å². The van der Waals surface area contributed by atoms with Crippen molar-refractivity contribution in [1.82, 2.24) is 14.9 Å². The molecule has 132 valence electrons. The number of hydrogen-bond acceptors (Lipinski definition) is 6. The van der Waals surface area contributed by atoms with Crippen LogP contribution in [0.4, 0.5) is 5.82 Å². The van der Waals surface area contributed by atoms with Gasteiger partial charge in [-0.1, -0.05) is 19.9 Å². The van der Waals surface area contributed by atoms with Crippen molar-refractivity contribution in [3.05, 3.63) is 39.2 Å². The quantitative estimate of drug-likeness (QED) is 0.695. The molecule has 3 heterocycles. The number of aromatic nitrogens is 2. The first-order valence-electron chi connectivity index (χ1n) is 8.23. The van der Waals surface area contributed by atoms with Gasteiger partial charge in [-0.05, 0) is 29.9 Å². The van der Waals surface area contributed by atoms with Crippen molar-refractivity contribution in [1.29, 1.82) is 0 Å². The van der Waals surface area contributed by atoms with E-state index in [4.69, 9.17) is 0 Å². The summed E-state index contributed by atoms with van der Waals surface area (Å²) in [5.41, 5.74) is 0.954. The van der Waals surface area contributed by atoms with Crippen molar-refractivity contribution in [3.63, 3.8) is 0 Å². The van der Waals surface area contributed by atoms with Gasteiger partial charge < -0.3 is 10.2 Å². The highest BCUT2D eigenvalue weighted by atomic mass is 32.1. The lowest BCUT2D eigenvalue weighted by molar-refractivity contribution is 0.0783. The molecule has 0 saturated carbocycles. The molecule has 0 atom stereocenters. The third kappa shape index (κ3) is 3.82. The van der Waals surface area contributed by atoms with Crippen LogP contribution in [0.15, 0.2) is 23.8 Å². The molecule has 0 aliphatic heterocycles. The van der Waals surface area contributed by atoms with Crippen molar-refractivity contribution in [2.75, 3.05) is 18.9 Å². The molecule has 7 heteroatoms. The fourth-order valence-corrected chi connectivity index (χ4v) is 4.59. The van der Waals surface area contributed by atoms with Crippen LogP contribution >= 0.6 is 22.7 Å². The van der Waals surface area contributed by atoms with Gasteiger partial charge in [0.15, 0.2) is 0 Å². The molecule has 0 radical (unpaired) electrons. The number of fused-ring (bicyclic) bond motifs is 1. The normalized spacial score (nSPS) is 11.2. The number of carbonyl (C=O) groups excluding carboxylic acids is 1. The number of aryl methyl sites for hydroxylation is 1. The highest BCUT2D eigenvalue weighted by molar-refractivity contribution is 7.20. The van der Waals surface area contributed by atoms with Gasteiger partial charge in [0.05, 0.1) is 16.8 Å². The van der Waals surface area contributed by atoms with Gasteiger partial charge in [0.1, 0.15) is 17.0 Å². The second-order valence-corrected chi connectivity index (χ2v) is 8.50. The number of anilines is 1. The van der Waals surface area contributed by atoms with E-state index >= 15 is 0 Å². The molecule has 3 rings (SSSR count). The lowest BCUT2D eigenvalue weighted by Gasteiger charge is -2.18. The number of carbonyl (C=O) groups is 1. The van der Waals surface area contributed by atoms with Gasteiger partial charge in [-0.3, -0.25) is 4.79 Å². The second kappa shape index (κ2) is 7.49. The van der Waals surface area contributed by atoms with E-state index < -0.39 is 0 Å². The van der Waals surface area contributed by atoms with Crippen LogP contribution in [0.3, 0.4) is 0 Å². The molecule has 0 spiro atoms. The molecule has 3 aromatic rings. The molecule has 0 aliphatic rings. The zero-order valence-electron chi connectivity index (χ0n) is 14.9. The summed E-state index contributed by atoms with van der Waals surface area (Å²) in [6, 6.07) is 4.13. The first-order chi connectivity index (χ1) is 12.0. The zero-order chi connectivity index (χ0) is 18.0. The summed E-state index contributed by atoms with van der Waals surface area (Å²) in [4.78, 5) is 26.2. The predicted molar refractivity (Wildman–Crippen MR) is 106 cm³/mol.